The van der Waals surface area contributed by atoms with Gasteiger partial charge in [-0.25, -0.2) is 13.4 Å². The third-order valence-electron chi connectivity index (χ3n) is 2.11. The minimum Gasteiger partial charge on any atom is -0.258 e. The molecule has 0 saturated carbocycles. The third-order valence-corrected chi connectivity index (χ3v) is 4.15. The van der Waals surface area contributed by atoms with Gasteiger partial charge in [0.15, 0.2) is 5.13 Å². The van der Waals surface area contributed by atoms with Gasteiger partial charge >= 0.3 is 0 Å². The van der Waals surface area contributed by atoms with Crippen LogP contribution in [0.4, 0.5) is 5.13 Å². The molecule has 1 heterocycles. The van der Waals surface area contributed by atoms with Gasteiger partial charge in [-0.2, -0.15) is 0 Å². The number of sulfonamides is 1. The number of hydrogen-bond donors (Lipinski definition) is 1. The Bertz CT molecular complexity index is 592. The van der Waals surface area contributed by atoms with Crippen molar-refractivity contribution in [1.82, 2.24) is 4.98 Å². The first-order valence-electron chi connectivity index (χ1n) is 5.01. The molecule has 2 aromatic rings. The van der Waals surface area contributed by atoms with E-state index in [1.807, 2.05) is 25.1 Å². The first-order valence-corrected chi connectivity index (χ1v) is 7.54. The van der Waals surface area contributed by atoms with Gasteiger partial charge in [0.05, 0.1) is 5.75 Å². The quantitative estimate of drug-likeness (QED) is 0.926. The van der Waals surface area contributed by atoms with Crippen LogP contribution >= 0.6 is 11.3 Å². The maximum absolute atomic E-state index is 11.8. The number of aromatic nitrogens is 1. The first-order chi connectivity index (χ1) is 8.05. The summed E-state index contributed by atoms with van der Waals surface area (Å²) in [5.41, 5.74) is 1.82. The lowest BCUT2D eigenvalue weighted by atomic mass is 10.2. The van der Waals surface area contributed by atoms with E-state index in [2.05, 4.69) is 9.71 Å². The topological polar surface area (TPSA) is 59.1 Å². The Morgan fingerprint density at radius 3 is 2.88 bits per heavy atom. The van der Waals surface area contributed by atoms with Crippen LogP contribution in [0.2, 0.25) is 0 Å². The van der Waals surface area contributed by atoms with Crippen molar-refractivity contribution >= 4 is 26.5 Å². The molecule has 0 bridgehead atoms. The molecule has 0 unspecified atom stereocenters. The Kier molecular flexibility index (Phi) is 3.44. The summed E-state index contributed by atoms with van der Waals surface area (Å²) in [5, 5.41) is 2.13. The molecule has 2 rings (SSSR count). The minimum atomic E-state index is -3.38. The summed E-state index contributed by atoms with van der Waals surface area (Å²) in [6.45, 7) is 1.93. The molecule has 0 aliphatic rings. The van der Waals surface area contributed by atoms with Gasteiger partial charge in [-0.15, -0.1) is 11.3 Å². The molecule has 90 valence electrons. The Labute approximate surface area is 104 Å². The van der Waals surface area contributed by atoms with Gasteiger partial charge in [0.25, 0.3) is 0 Å². The summed E-state index contributed by atoms with van der Waals surface area (Å²) < 4.78 is 26.1. The molecule has 0 atom stereocenters. The zero-order valence-corrected chi connectivity index (χ0v) is 10.9. The molecular weight excluding hydrogens is 256 g/mol. The zero-order chi connectivity index (χ0) is 12.3. The van der Waals surface area contributed by atoms with Crippen molar-refractivity contribution < 1.29 is 8.42 Å². The van der Waals surface area contributed by atoms with E-state index < -0.39 is 10.0 Å². The highest BCUT2D eigenvalue weighted by Gasteiger charge is 2.12. The molecule has 0 radical (unpaired) electrons. The summed E-state index contributed by atoms with van der Waals surface area (Å²) >= 11 is 1.26. The van der Waals surface area contributed by atoms with E-state index in [4.69, 9.17) is 0 Å². The normalized spacial score (nSPS) is 11.4. The number of hydrogen-bond acceptors (Lipinski definition) is 4. The summed E-state index contributed by atoms with van der Waals surface area (Å²) in [5.74, 6) is -0.0335. The molecule has 1 aromatic heterocycles. The Morgan fingerprint density at radius 2 is 2.24 bits per heavy atom. The van der Waals surface area contributed by atoms with Gasteiger partial charge in [0.2, 0.25) is 10.0 Å². The predicted octanol–water partition coefficient (Wildman–Crippen LogP) is 2.39. The SMILES string of the molecule is Cc1cccc(CS(=O)(=O)Nc2nccs2)c1. The van der Waals surface area contributed by atoms with E-state index in [0.717, 1.165) is 11.1 Å². The Balaban J connectivity index is 2.12. The van der Waals surface area contributed by atoms with Gasteiger partial charge in [-0.3, -0.25) is 4.72 Å². The molecule has 1 N–H and O–H groups in total. The largest absolute Gasteiger partial charge is 0.258 e. The molecule has 4 nitrogen and oxygen atoms in total. The van der Waals surface area contributed by atoms with Crippen LogP contribution in [0.3, 0.4) is 0 Å². The summed E-state index contributed by atoms with van der Waals surface area (Å²) in [7, 11) is -3.38. The van der Waals surface area contributed by atoms with Crippen LogP contribution in [0, 0.1) is 6.92 Å². The summed E-state index contributed by atoms with van der Waals surface area (Å²) in [6, 6.07) is 7.45. The summed E-state index contributed by atoms with van der Waals surface area (Å²) in [6.07, 6.45) is 1.56. The van der Waals surface area contributed by atoms with Crippen molar-refractivity contribution in [1.29, 1.82) is 0 Å². The number of nitrogens with zero attached hydrogens (tertiary/aromatic N) is 1. The van der Waals surface area contributed by atoms with Crippen molar-refractivity contribution in [2.75, 3.05) is 4.72 Å². The second-order valence-electron chi connectivity index (χ2n) is 3.69. The van der Waals surface area contributed by atoms with Crippen molar-refractivity contribution in [2.24, 2.45) is 0 Å². The number of nitrogens with one attached hydrogen (secondary N) is 1. The zero-order valence-electron chi connectivity index (χ0n) is 9.25. The highest BCUT2D eigenvalue weighted by molar-refractivity contribution is 7.92. The molecule has 0 aliphatic carbocycles. The van der Waals surface area contributed by atoms with E-state index in [9.17, 15) is 8.42 Å². The average Bonchev–Trinajstić information content (AvgIpc) is 2.68. The van der Waals surface area contributed by atoms with Gasteiger partial charge in [0.1, 0.15) is 0 Å². The van der Waals surface area contributed by atoms with Gasteiger partial charge in [-0.05, 0) is 12.5 Å². The molecule has 0 fully saturated rings. The molecule has 0 amide bonds. The highest BCUT2D eigenvalue weighted by Crippen LogP contribution is 2.15. The molecule has 0 saturated heterocycles. The molecule has 6 heteroatoms. The van der Waals surface area contributed by atoms with Crippen LogP contribution < -0.4 is 4.72 Å². The van der Waals surface area contributed by atoms with Gasteiger partial charge in [-0.1, -0.05) is 29.8 Å². The highest BCUT2D eigenvalue weighted by atomic mass is 32.2. The van der Waals surface area contributed by atoms with Crippen molar-refractivity contribution in [3.63, 3.8) is 0 Å². The van der Waals surface area contributed by atoms with Crippen molar-refractivity contribution in [3.05, 3.63) is 47.0 Å². The maximum Gasteiger partial charge on any atom is 0.238 e. The third kappa shape index (κ3) is 3.54. The lowest BCUT2D eigenvalue weighted by Gasteiger charge is -2.05. The maximum atomic E-state index is 11.8. The Morgan fingerprint density at radius 1 is 1.41 bits per heavy atom. The van der Waals surface area contributed by atoms with Crippen LogP contribution in [-0.4, -0.2) is 13.4 Å². The fraction of sp³-hybridized carbons (Fsp3) is 0.182. The standard InChI is InChI=1S/C11H12N2O2S2/c1-9-3-2-4-10(7-9)8-17(14,15)13-11-12-5-6-16-11/h2-7H,8H2,1H3,(H,12,13). The lowest BCUT2D eigenvalue weighted by molar-refractivity contribution is 0.600. The smallest absolute Gasteiger partial charge is 0.238 e. The fourth-order valence-corrected chi connectivity index (χ4v) is 3.42. The van der Waals surface area contributed by atoms with E-state index in [-0.39, 0.29) is 5.75 Å². The van der Waals surface area contributed by atoms with Crippen LogP contribution in [0.1, 0.15) is 11.1 Å². The van der Waals surface area contributed by atoms with Crippen molar-refractivity contribution in [2.45, 2.75) is 12.7 Å². The van der Waals surface area contributed by atoms with Gasteiger partial charge < -0.3 is 0 Å². The van der Waals surface area contributed by atoms with Crippen LogP contribution in [-0.2, 0) is 15.8 Å². The van der Waals surface area contributed by atoms with E-state index >= 15 is 0 Å². The predicted molar refractivity (Wildman–Crippen MR) is 69.5 cm³/mol. The van der Waals surface area contributed by atoms with Crippen LogP contribution in [0.25, 0.3) is 0 Å². The number of thiazole rings is 1. The number of rotatable bonds is 4. The summed E-state index contributed by atoms with van der Waals surface area (Å²) in [4.78, 5) is 3.89. The second-order valence-corrected chi connectivity index (χ2v) is 6.30. The van der Waals surface area contributed by atoms with Crippen LogP contribution in [0.15, 0.2) is 35.8 Å². The van der Waals surface area contributed by atoms with Gasteiger partial charge in [0, 0.05) is 11.6 Å². The first kappa shape index (κ1) is 12.1. The number of anilines is 1. The van der Waals surface area contributed by atoms with E-state index in [0.29, 0.717) is 5.13 Å². The average molecular weight is 268 g/mol. The van der Waals surface area contributed by atoms with E-state index in [1.165, 1.54) is 11.3 Å². The molecule has 0 aliphatic heterocycles. The Hall–Kier alpha value is -1.40. The minimum absolute atomic E-state index is 0.0335. The fourth-order valence-electron chi connectivity index (χ4n) is 1.46. The van der Waals surface area contributed by atoms with Crippen LogP contribution in [0.5, 0.6) is 0 Å². The lowest BCUT2D eigenvalue weighted by Crippen LogP contribution is -2.14. The number of benzene rings is 1. The number of aryl methyl sites for hydroxylation is 1. The molecule has 17 heavy (non-hydrogen) atoms. The van der Waals surface area contributed by atoms with E-state index in [1.54, 1.807) is 17.6 Å². The second kappa shape index (κ2) is 4.85. The molecular formula is C11H12N2O2S2. The molecule has 1 aromatic carbocycles. The molecule has 0 spiro atoms. The monoisotopic (exact) mass is 268 g/mol. The van der Waals surface area contributed by atoms with Crippen molar-refractivity contribution in [3.8, 4) is 0 Å².